The Labute approximate surface area is 135 Å². The molecule has 0 aliphatic carbocycles. The molecule has 3 rings (SSSR count). The van der Waals surface area contributed by atoms with Crippen molar-refractivity contribution in [3.8, 4) is 0 Å². The Balaban J connectivity index is 1.93. The molecule has 21 heavy (non-hydrogen) atoms. The van der Waals surface area contributed by atoms with E-state index in [2.05, 4.69) is 33.4 Å². The monoisotopic (exact) mass is 364 g/mol. The summed E-state index contributed by atoms with van der Waals surface area (Å²) in [7, 11) is 0. The molecule has 1 aliphatic rings. The summed E-state index contributed by atoms with van der Waals surface area (Å²) < 4.78 is 0.708. The van der Waals surface area contributed by atoms with E-state index in [1.165, 1.54) is 16.5 Å². The van der Waals surface area contributed by atoms with Gasteiger partial charge in [-0.05, 0) is 30.2 Å². The van der Waals surface area contributed by atoms with Crippen LogP contribution in [0.4, 0.5) is 11.4 Å². The summed E-state index contributed by atoms with van der Waals surface area (Å²) in [5.41, 5.74) is 1.88. The average Bonchev–Trinajstić information content (AvgIpc) is 2.49. The number of hydrogen-bond acceptors (Lipinski definition) is 4. The van der Waals surface area contributed by atoms with Gasteiger partial charge < -0.3 is 5.32 Å². The highest BCUT2D eigenvalue weighted by Gasteiger charge is 2.23. The van der Waals surface area contributed by atoms with Gasteiger partial charge in [0, 0.05) is 21.2 Å². The SMILES string of the molecule is O=[N+]([O-])c1cc(Br)ccc1NC1CCSc2ccccc21. The van der Waals surface area contributed by atoms with Gasteiger partial charge in [-0.15, -0.1) is 11.8 Å². The number of hydrogen-bond donors (Lipinski definition) is 1. The molecule has 0 saturated heterocycles. The van der Waals surface area contributed by atoms with Gasteiger partial charge in [0.2, 0.25) is 0 Å². The summed E-state index contributed by atoms with van der Waals surface area (Å²) in [5, 5.41) is 14.5. The van der Waals surface area contributed by atoms with Crippen molar-refractivity contribution in [2.24, 2.45) is 0 Å². The molecule has 2 aromatic carbocycles. The molecule has 4 nitrogen and oxygen atoms in total. The first-order valence-corrected chi connectivity index (χ1v) is 8.35. The van der Waals surface area contributed by atoms with Crippen LogP contribution in [-0.4, -0.2) is 10.7 Å². The minimum absolute atomic E-state index is 0.0973. The molecule has 2 aromatic rings. The third kappa shape index (κ3) is 3.06. The van der Waals surface area contributed by atoms with Gasteiger partial charge in [0.05, 0.1) is 11.0 Å². The predicted octanol–water partition coefficient (Wildman–Crippen LogP) is 5.01. The Hall–Kier alpha value is -1.53. The number of halogens is 1. The zero-order valence-corrected chi connectivity index (χ0v) is 13.5. The number of rotatable bonds is 3. The van der Waals surface area contributed by atoms with Crippen LogP contribution in [0.1, 0.15) is 18.0 Å². The molecule has 1 N–H and O–H groups in total. The van der Waals surface area contributed by atoms with Crippen molar-refractivity contribution in [1.82, 2.24) is 0 Å². The molecule has 1 unspecified atom stereocenters. The van der Waals surface area contributed by atoms with E-state index >= 15 is 0 Å². The van der Waals surface area contributed by atoms with Crippen LogP contribution in [0.5, 0.6) is 0 Å². The smallest absolute Gasteiger partial charge is 0.293 e. The molecule has 0 spiro atoms. The average molecular weight is 365 g/mol. The van der Waals surface area contributed by atoms with E-state index in [0.29, 0.717) is 10.2 Å². The van der Waals surface area contributed by atoms with Gasteiger partial charge in [-0.25, -0.2) is 0 Å². The minimum Gasteiger partial charge on any atom is -0.373 e. The summed E-state index contributed by atoms with van der Waals surface area (Å²) in [6.45, 7) is 0. The summed E-state index contributed by atoms with van der Waals surface area (Å²) in [6.07, 6.45) is 0.953. The third-order valence-corrected chi connectivity index (χ3v) is 5.06. The Kier molecular flexibility index (Phi) is 4.17. The Morgan fingerprint density at radius 1 is 1.29 bits per heavy atom. The van der Waals surface area contributed by atoms with Crippen LogP contribution in [0.15, 0.2) is 51.8 Å². The number of nitrogens with zero attached hydrogens (tertiary/aromatic N) is 1. The molecule has 0 fully saturated rings. The number of nitro groups is 1. The summed E-state index contributed by atoms with van der Waals surface area (Å²) in [5.74, 6) is 1.01. The number of nitro benzene ring substituents is 1. The van der Waals surface area contributed by atoms with Gasteiger partial charge in [-0.2, -0.15) is 0 Å². The Morgan fingerprint density at radius 2 is 2.10 bits per heavy atom. The van der Waals surface area contributed by atoms with Crippen molar-refractivity contribution in [3.63, 3.8) is 0 Å². The number of nitrogens with one attached hydrogen (secondary N) is 1. The van der Waals surface area contributed by atoms with Gasteiger partial charge in [0.1, 0.15) is 5.69 Å². The molecule has 0 radical (unpaired) electrons. The predicted molar refractivity (Wildman–Crippen MR) is 88.9 cm³/mol. The van der Waals surface area contributed by atoms with Crippen molar-refractivity contribution in [2.45, 2.75) is 17.4 Å². The van der Waals surface area contributed by atoms with Gasteiger partial charge in [0.25, 0.3) is 5.69 Å². The largest absolute Gasteiger partial charge is 0.373 e. The van der Waals surface area contributed by atoms with E-state index in [0.717, 1.165) is 12.2 Å². The second-order valence-electron chi connectivity index (χ2n) is 4.79. The van der Waals surface area contributed by atoms with Crippen molar-refractivity contribution in [2.75, 3.05) is 11.1 Å². The molecule has 1 heterocycles. The molecule has 1 aliphatic heterocycles. The fourth-order valence-electron chi connectivity index (χ4n) is 2.46. The Morgan fingerprint density at radius 3 is 2.90 bits per heavy atom. The molecule has 0 bridgehead atoms. The van der Waals surface area contributed by atoms with Gasteiger partial charge >= 0.3 is 0 Å². The van der Waals surface area contributed by atoms with E-state index in [9.17, 15) is 10.1 Å². The first kappa shape index (κ1) is 14.4. The lowest BCUT2D eigenvalue weighted by atomic mass is 10.0. The maximum atomic E-state index is 11.2. The van der Waals surface area contributed by atoms with E-state index in [4.69, 9.17) is 0 Å². The second-order valence-corrected chi connectivity index (χ2v) is 6.84. The van der Waals surface area contributed by atoms with Crippen LogP contribution in [0, 0.1) is 10.1 Å². The van der Waals surface area contributed by atoms with E-state index in [1.807, 2.05) is 30.0 Å². The van der Waals surface area contributed by atoms with Crippen LogP contribution in [0.25, 0.3) is 0 Å². The molecular formula is C15H13BrN2O2S. The number of benzene rings is 2. The highest BCUT2D eigenvalue weighted by Crippen LogP contribution is 2.39. The Bertz CT molecular complexity index is 693. The second kappa shape index (κ2) is 6.07. The van der Waals surface area contributed by atoms with E-state index in [-0.39, 0.29) is 16.7 Å². The topological polar surface area (TPSA) is 55.2 Å². The first-order valence-electron chi connectivity index (χ1n) is 6.57. The summed E-state index contributed by atoms with van der Waals surface area (Å²) >= 11 is 5.11. The van der Waals surface area contributed by atoms with Crippen LogP contribution < -0.4 is 5.32 Å². The zero-order valence-electron chi connectivity index (χ0n) is 11.1. The molecule has 108 valence electrons. The molecule has 0 saturated carbocycles. The molecule has 0 amide bonds. The highest BCUT2D eigenvalue weighted by atomic mass is 79.9. The van der Waals surface area contributed by atoms with Crippen molar-refractivity contribution in [1.29, 1.82) is 0 Å². The van der Waals surface area contributed by atoms with Gasteiger partial charge in [-0.3, -0.25) is 10.1 Å². The lowest BCUT2D eigenvalue weighted by Gasteiger charge is -2.26. The van der Waals surface area contributed by atoms with Crippen LogP contribution in [0.2, 0.25) is 0 Å². The van der Waals surface area contributed by atoms with E-state index < -0.39 is 0 Å². The van der Waals surface area contributed by atoms with Crippen LogP contribution in [-0.2, 0) is 0 Å². The van der Waals surface area contributed by atoms with Crippen molar-refractivity contribution in [3.05, 3.63) is 62.6 Å². The van der Waals surface area contributed by atoms with Crippen molar-refractivity contribution >= 4 is 39.1 Å². The lowest BCUT2D eigenvalue weighted by molar-refractivity contribution is -0.384. The first-order chi connectivity index (χ1) is 10.1. The third-order valence-electron chi connectivity index (χ3n) is 3.44. The standard InChI is InChI=1S/C15H13BrN2O2S/c16-10-5-6-13(14(9-10)18(19)20)17-12-7-8-21-15-4-2-1-3-11(12)15/h1-6,9,12,17H,7-8H2. The number of fused-ring (bicyclic) bond motifs is 1. The number of anilines is 1. The normalized spacial score (nSPS) is 17.1. The van der Waals surface area contributed by atoms with Crippen molar-refractivity contribution < 1.29 is 4.92 Å². The van der Waals surface area contributed by atoms with Crippen LogP contribution >= 0.6 is 27.7 Å². The van der Waals surface area contributed by atoms with Gasteiger partial charge in [0.15, 0.2) is 0 Å². The fourth-order valence-corrected chi connectivity index (χ4v) is 3.93. The lowest BCUT2D eigenvalue weighted by Crippen LogP contribution is -2.16. The highest BCUT2D eigenvalue weighted by molar-refractivity contribution is 9.10. The molecular weight excluding hydrogens is 352 g/mol. The zero-order chi connectivity index (χ0) is 14.8. The number of thioether (sulfide) groups is 1. The van der Waals surface area contributed by atoms with E-state index in [1.54, 1.807) is 6.07 Å². The molecule has 6 heteroatoms. The fraction of sp³-hybridized carbons (Fsp3) is 0.200. The maximum absolute atomic E-state index is 11.2. The summed E-state index contributed by atoms with van der Waals surface area (Å²) in [6, 6.07) is 13.4. The van der Waals surface area contributed by atoms with Gasteiger partial charge in [-0.1, -0.05) is 34.1 Å². The minimum atomic E-state index is -0.351. The van der Waals surface area contributed by atoms with Crippen LogP contribution in [0.3, 0.4) is 0 Å². The molecule has 1 atom stereocenters. The maximum Gasteiger partial charge on any atom is 0.293 e. The summed E-state index contributed by atoms with van der Waals surface area (Å²) in [4.78, 5) is 12.1. The molecule has 0 aromatic heterocycles. The quantitative estimate of drug-likeness (QED) is 0.614.